The molecule has 0 bridgehead atoms. The zero-order valence-corrected chi connectivity index (χ0v) is 14.8. The quantitative estimate of drug-likeness (QED) is 0.833. The van der Waals surface area contributed by atoms with E-state index < -0.39 is 0 Å². The molecular formula is C19H26FN3O2. The Morgan fingerprint density at radius 3 is 2.72 bits per heavy atom. The van der Waals surface area contributed by atoms with Gasteiger partial charge in [-0.05, 0) is 19.4 Å². The summed E-state index contributed by atoms with van der Waals surface area (Å²) in [5, 5.41) is 0. The molecule has 5 nitrogen and oxygen atoms in total. The van der Waals surface area contributed by atoms with E-state index in [2.05, 4.69) is 4.90 Å². The number of benzene rings is 1. The maximum absolute atomic E-state index is 13.8. The van der Waals surface area contributed by atoms with Crippen LogP contribution in [0.3, 0.4) is 0 Å². The second-order valence-corrected chi connectivity index (χ2v) is 6.88. The number of likely N-dealkylation sites (tertiary alicyclic amines) is 1. The van der Waals surface area contributed by atoms with Gasteiger partial charge < -0.3 is 9.80 Å². The summed E-state index contributed by atoms with van der Waals surface area (Å²) in [6.07, 6.45) is 1.21. The van der Waals surface area contributed by atoms with E-state index in [4.69, 9.17) is 0 Å². The van der Waals surface area contributed by atoms with Crippen molar-refractivity contribution >= 4 is 11.8 Å². The first-order chi connectivity index (χ1) is 12.1. The molecule has 2 saturated heterocycles. The Morgan fingerprint density at radius 1 is 1.20 bits per heavy atom. The van der Waals surface area contributed by atoms with Crippen LogP contribution in [-0.4, -0.2) is 65.8 Å². The molecule has 1 atom stereocenters. The van der Waals surface area contributed by atoms with Crippen molar-refractivity contribution in [2.45, 2.75) is 26.3 Å². The summed E-state index contributed by atoms with van der Waals surface area (Å²) in [4.78, 5) is 30.5. The van der Waals surface area contributed by atoms with E-state index >= 15 is 0 Å². The minimum atomic E-state index is -0.203. The van der Waals surface area contributed by atoms with Gasteiger partial charge in [-0.25, -0.2) is 4.39 Å². The van der Waals surface area contributed by atoms with Crippen LogP contribution < -0.4 is 0 Å². The molecule has 6 heteroatoms. The van der Waals surface area contributed by atoms with E-state index in [0.717, 1.165) is 19.5 Å². The largest absolute Gasteiger partial charge is 0.342 e. The van der Waals surface area contributed by atoms with Gasteiger partial charge in [0.05, 0.1) is 5.92 Å². The maximum atomic E-state index is 13.8. The number of nitrogens with zero attached hydrogens (tertiary/aromatic N) is 3. The highest BCUT2D eigenvalue weighted by atomic mass is 19.1. The Kier molecular flexibility index (Phi) is 5.68. The van der Waals surface area contributed by atoms with Crippen LogP contribution in [0.1, 0.15) is 25.3 Å². The maximum Gasteiger partial charge on any atom is 0.228 e. The number of rotatable bonds is 4. The fourth-order valence-electron chi connectivity index (χ4n) is 3.72. The lowest BCUT2D eigenvalue weighted by atomic mass is 10.1. The number of halogens is 1. The number of hydrogen-bond acceptors (Lipinski definition) is 3. The fraction of sp³-hybridized carbons (Fsp3) is 0.579. The van der Waals surface area contributed by atoms with Crippen LogP contribution in [0.5, 0.6) is 0 Å². The highest BCUT2D eigenvalue weighted by Crippen LogP contribution is 2.21. The molecule has 3 rings (SSSR count). The third-order valence-corrected chi connectivity index (χ3v) is 5.20. The van der Waals surface area contributed by atoms with E-state index in [9.17, 15) is 14.0 Å². The molecule has 2 aliphatic heterocycles. The minimum absolute atomic E-state index is 0.0804. The highest BCUT2D eigenvalue weighted by molar-refractivity contribution is 5.89. The van der Waals surface area contributed by atoms with Gasteiger partial charge in [-0.1, -0.05) is 18.2 Å². The summed E-state index contributed by atoms with van der Waals surface area (Å²) in [7, 11) is 0. The monoisotopic (exact) mass is 347 g/mol. The predicted molar refractivity (Wildman–Crippen MR) is 93.2 cm³/mol. The summed E-state index contributed by atoms with van der Waals surface area (Å²) in [6.45, 7) is 6.66. The summed E-state index contributed by atoms with van der Waals surface area (Å²) in [5.41, 5.74) is 0.697. The molecule has 0 radical (unpaired) electrons. The van der Waals surface area contributed by atoms with Gasteiger partial charge in [0.2, 0.25) is 11.8 Å². The lowest BCUT2D eigenvalue weighted by molar-refractivity contribution is -0.135. The van der Waals surface area contributed by atoms with E-state index in [0.29, 0.717) is 44.7 Å². The number of carbonyl (C=O) groups is 2. The Morgan fingerprint density at radius 2 is 2.00 bits per heavy atom. The molecule has 0 N–H and O–H groups in total. The van der Waals surface area contributed by atoms with Gasteiger partial charge in [-0.2, -0.15) is 0 Å². The topological polar surface area (TPSA) is 43.9 Å². The lowest BCUT2D eigenvalue weighted by Crippen LogP contribution is -2.39. The van der Waals surface area contributed by atoms with Crippen LogP contribution in [0.15, 0.2) is 24.3 Å². The third kappa shape index (κ3) is 4.18. The predicted octanol–water partition coefficient (Wildman–Crippen LogP) is 1.73. The zero-order valence-electron chi connectivity index (χ0n) is 14.8. The van der Waals surface area contributed by atoms with E-state index in [1.54, 1.807) is 11.0 Å². The van der Waals surface area contributed by atoms with Gasteiger partial charge in [-0.15, -0.1) is 0 Å². The Hall–Kier alpha value is -1.95. The van der Waals surface area contributed by atoms with Crippen LogP contribution in [0, 0.1) is 11.7 Å². The molecule has 1 aromatic rings. The van der Waals surface area contributed by atoms with Crippen molar-refractivity contribution in [2.24, 2.45) is 5.92 Å². The van der Waals surface area contributed by atoms with E-state index in [-0.39, 0.29) is 23.5 Å². The van der Waals surface area contributed by atoms with Gasteiger partial charge in [-0.3, -0.25) is 14.5 Å². The Balaban J connectivity index is 1.56. The van der Waals surface area contributed by atoms with Crippen molar-refractivity contribution in [3.05, 3.63) is 35.6 Å². The van der Waals surface area contributed by atoms with Crippen molar-refractivity contribution in [3.63, 3.8) is 0 Å². The standard InChI is InChI=1S/C19H26FN3O2/c1-2-22-14-16(12-18(22)24)19(25)23-9-5-8-21(10-11-23)13-15-6-3-4-7-17(15)20/h3-4,6-7,16H,2,5,8-14H2,1H3/t16-/m0/s1. The van der Waals surface area contributed by atoms with Crippen LogP contribution in [0.25, 0.3) is 0 Å². The molecule has 136 valence electrons. The second-order valence-electron chi connectivity index (χ2n) is 6.88. The van der Waals surface area contributed by atoms with Crippen molar-refractivity contribution in [1.29, 1.82) is 0 Å². The molecule has 1 aromatic carbocycles. The molecule has 0 aliphatic carbocycles. The summed E-state index contributed by atoms with van der Waals surface area (Å²) in [5.74, 6) is -0.205. The smallest absolute Gasteiger partial charge is 0.228 e. The van der Waals surface area contributed by atoms with E-state index in [1.807, 2.05) is 24.0 Å². The normalized spacial score (nSPS) is 22.3. The molecule has 0 aromatic heterocycles. The van der Waals surface area contributed by atoms with Crippen LogP contribution >= 0.6 is 0 Å². The van der Waals surface area contributed by atoms with Crippen molar-refractivity contribution in [1.82, 2.24) is 14.7 Å². The SMILES string of the molecule is CCN1C[C@@H](C(=O)N2CCCN(Cc3ccccc3F)CC2)CC1=O. The van der Waals surface area contributed by atoms with Gasteiger partial charge in [0.25, 0.3) is 0 Å². The second kappa shape index (κ2) is 7.95. The molecule has 25 heavy (non-hydrogen) atoms. The zero-order chi connectivity index (χ0) is 17.8. The lowest BCUT2D eigenvalue weighted by Gasteiger charge is -2.24. The molecule has 0 saturated carbocycles. The number of hydrogen-bond donors (Lipinski definition) is 0. The van der Waals surface area contributed by atoms with E-state index in [1.165, 1.54) is 6.07 Å². The number of carbonyl (C=O) groups excluding carboxylic acids is 2. The molecule has 2 fully saturated rings. The molecule has 2 amide bonds. The highest BCUT2D eigenvalue weighted by Gasteiger charge is 2.36. The van der Waals surface area contributed by atoms with Gasteiger partial charge in [0.1, 0.15) is 5.82 Å². The first kappa shape index (κ1) is 17.9. The summed E-state index contributed by atoms with van der Waals surface area (Å²) >= 11 is 0. The van der Waals surface area contributed by atoms with Crippen LogP contribution in [0.4, 0.5) is 4.39 Å². The van der Waals surface area contributed by atoms with Gasteiger partial charge in [0, 0.05) is 57.8 Å². The van der Waals surface area contributed by atoms with Gasteiger partial charge >= 0.3 is 0 Å². The average Bonchev–Trinajstić information content (AvgIpc) is 2.84. The summed E-state index contributed by atoms with van der Waals surface area (Å²) in [6, 6.07) is 6.85. The number of amides is 2. The Labute approximate surface area is 148 Å². The minimum Gasteiger partial charge on any atom is -0.342 e. The van der Waals surface area contributed by atoms with Crippen molar-refractivity contribution in [2.75, 3.05) is 39.3 Å². The average molecular weight is 347 g/mol. The third-order valence-electron chi connectivity index (χ3n) is 5.20. The Bertz CT molecular complexity index is 637. The van der Waals surface area contributed by atoms with Crippen LogP contribution in [-0.2, 0) is 16.1 Å². The molecular weight excluding hydrogens is 321 g/mol. The molecule has 0 unspecified atom stereocenters. The van der Waals surface area contributed by atoms with Gasteiger partial charge in [0.15, 0.2) is 0 Å². The molecule has 2 heterocycles. The molecule has 0 spiro atoms. The first-order valence-corrected chi connectivity index (χ1v) is 9.10. The first-order valence-electron chi connectivity index (χ1n) is 9.10. The summed E-state index contributed by atoms with van der Waals surface area (Å²) < 4.78 is 13.8. The van der Waals surface area contributed by atoms with Crippen molar-refractivity contribution < 1.29 is 14.0 Å². The van der Waals surface area contributed by atoms with Crippen molar-refractivity contribution in [3.8, 4) is 0 Å². The molecule has 2 aliphatic rings. The fourth-order valence-corrected chi connectivity index (χ4v) is 3.72. The van der Waals surface area contributed by atoms with Crippen LogP contribution in [0.2, 0.25) is 0 Å².